The molecular weight excluding hydrogens is 152 g/mol. The van der Waals surface area contributed by atoms with Crippen LogP contribution in [0.1, 0.15) is 19.3 Å². The maximum absolute atomic E-state index is 5.74. The molecule has 2 aliphatic rings. The Morgan fingerprint density at radius 2 is 2.50 bits per heavy atom. The van der Waals surface area contributed by atoms with Gasteiger partial charge in [0.1, 0.15) is 0 Å². The maximum atomic E-state index is 5.74. The van der Waals surface area contributed by atoms with Crippen LogP contribution in [0.4, 0.5) is 0 Å². The van der Waals surface area contributed by atoms with Crippen molar-refractivity contribution in [1.29, 1.82) is 0 Å². The molecule has 12 heavy (non-hydrogen) atoms. The third-order valence-electron chi connectivity index (χ3n) is 3.31. The van der Waals surface area contributed by atoms with E-state index in [1.165, 1.54) is 19.3 Å². The molecule has 0 bridgehead atoms. The summed E-state index contributed by atoms with van der Waals surface area (Å²) >= 11 is 0. The average Bonchev–Trinajstić information content (AvgIpc) is 2.49. The molecule has 0 aromatic heterocycles. The van der Waals surface area contributed by atoms with Gasteiger partial charge in [0.2, 0.25) is 0 Å². The second kappa shape index (κ2) is 3.32. The summed E-state index contributed by atoms with van der Waals surface area (Å²) in [5, 5.41) is 3.57. The van der Waals surface area contributed by atoms with Crippen molar-refractivity contribution in [2.24, 2.45) is 11.7 Å². The largest absolute Gasteiger partial charge is 0.380 e. The van der Waals surface area contributed by atoms with Gasteiger partial charge in [-0.25, -0.2) is 0 Å². The van der Waals surface area contributed by atoms with E-state index in [-0.39, 0.29) is 5.54 Å². The first-order valence-electron chi connectivity index (χ1n) is 4.90. The smallest absolute Gasteiger partial charge is 0.0651 e. The molecule has 2 atom stereocenters. The number of rotatable bonds is 1. The van der Waals surface area contributed by atoms with Gasteiger partial charge in [-0.05, 0) is 38.3 Å². The van der Waals surface area contributed by atoms with Crippen LogP contribution in [0.5, 0.6) is 0 Å². The third kappa shape index (κ3) is 1.26. The summed E-state index contributed by atoms with van der Waals surface area (Å²) in [5.41, 5.74) is 5.99. The number of nitrogens with one attached hydrogen (secondary N) is 1. The summed E-state index contributed by atoms with van der Waals surface area (Å²) in [6.07, 6.45) is 3.65. The van der Waals surface area contributed by atoms with Crippen LogP contribution in [-0.2, 0) is 4.74 Å². The first kappa shape index (κ1) is 8.48. The minimum Gasteiger partial charge on any atom is -0.380 e. The summed E-state index contributed by atoms with van der Waals surface area (Å²) in [4.78, 5) is 0. The summed E-state index contributed by atoms with van der Waals surface area (Å²) in [6, 6.07) is 0. The molecule has 2 unspecified atom stereocenters. The fourth-order valence-corrected chi connectivity index (χ4v) is 2.54. The standard InChI is InChI=1S/C9H18N2O/c10-6-8-2-4-11-9(8)3-1-5-12-7-9/h8,11H,1-7,10H2. The molecule has 2 saturated heterocycles. The Kier molecular flexibility index (Phi) is 2.35. The van der Waals surface area contributed by atoms with E-state index in [0.717, 1.165) is 26.3 Å². The Hall–Kier alpha value is -0.120. The minimum absolute atomic E-state index is 0.243. The van der Waals surface area contributed by atoms with Crippen LogP contribution in [0.25, 0.3) is 0 Å². The van der Waals surface area contributed by atoms with Crippen LogP contribution < -0.4 is 11.1 Å². The van der Waals surface area contributed by atoms with E-state index >= 15 is 0 Å². The van der Waals surface area contributed by atoms with Crippen LogP contribution in [0, 0.1) is 5.92 Å². The van der Waals surface area contributed by atoms with E-state index in [1.807, 2.05) is 0 Å². The normalized spacial score (nSPS) is 42.2. The van der Waals surface area contributed by atoms with Crippen molar-refractivity contribution in [2.45, 2.75) is 24.8 Å². The number of hydrogen-bond acceptors (Lipinski definition) is 3. The van der Waals surface area contributed by atoms with Gasteiger partial charge in [0.25, 0.3) is 0 Å². The molecule has 2 fully saturated rings. The summed E-state index contributed by atoms with van der Waals surface area (Å²) in [6.45, 7) is 3.72. The topological polar surface area (TPSA) is 47.3 Å². The maximum Gasteiger partial charge on any atom is 0.0651 e. The third-order valence-corrected chi connectivity index (χ3v) is 3.31. The molecule has 0 aromatic rings. The van der Waals surface area contributed by atoms with Crippen molar-refractivity contribution < 1.29 is 4.74 Å². The molecule has 0 amide bonds. The molecule has 3 N–H and O–H groups in total. The molecule has 1 spiro atoms. The van der Waals surface area contributed by atoms with Crippen LogP contribution in [-0.4, -0.2) is 31.8 Å². The quantitative estimate of drug-likeness (QED) is 0.587. The van der Waals surface area contributed by atoms with Gasteiger partial charge < -0.3 is 15.8 Å². The highest BCUT2D eigenvalue weighted by molar-refractivity contribution is 5.01. The van der Waals surface area contributed by atoms with E-state index in [1.54, 1.807) is 0 Å². The monoisotopic (exact) mass is 170 g/mol. The molecule has 0 aliphatic carbocycles. The Morgan fingerprint density at radius 1 is 1.58 bits per heavy atom. The van der Waals surface area contributed by atoms with E-state index in [0.29, 0.717) is 5.92 Å². The van der Waals surface area contributed by atoms with Gasteiger partial charge in [0.15, 0.2) is 0 Å². The lowest BCUT2D eigenvalue weighted by Crippen LogP contribution is -2.53. The Bertz CT molecular complexity index is 155. The molecule has 2 aliphatic heterocycles. The highest BCUT2D eigenvalue weighted by Gasteiger charge is 2.42. The van der Waals surface area contributed by atoms with Crippen molar-refractivity contribution in [3.8, 4) is 0 Å². The Labute approximate surface area is 73.7 Å². The van der Waals surface area contributed by atoms with Crippen LogP contribution >= 0.6 is 0 Å². The van der Waals surface area contributed by atoms with Gasteiger partial charge in [-0.2, -0.15) is 0 Å². The lowest BCUT2D eigenvalue weighted by molar-refractivity contribution is 0.0102. The molecule has 70 valence electrons. The Morgan fingerprint density at radius 3 is 3.17 bits per heavy atom. The fraction of sp³-hybridized carbons (Fsp3) is 1.00. The van der Waals surface area contributed by atoms with Gasteiger partial charge in [-0.15, -0.1) is 0 Å². The van der Waals surface area contributed by atoms with Crippen LogP contribution in [0.2, 0.25) is 0 Å². The van der Waals surface area contributed by atoms with Crippen LogP contribution in [0.15, 0.2) is 0 Å². The second-order valence-corrected chi connectivity index (χ2v) is 3.96. The molecule has 0 aromatic carbocycles. The van der Waals surface area contributed by atoms with Crippen molar-refractivity contribution in [2.75, 3.05) is 26.3 Å². The predicted octanol–water partition coefficient (Wildman–Crippen LogP) is 0.104. The SMILES string of the molecule is NCC1CCNC12CCCOC2. The zero-order valence-electron chi connectivity index (χ0n) is 7.51. The number of hydrogen-bond donors (Lipinski definition) is 2. The number of nitrogens with two attached hydrogens (primary N) is 1. The fourth-order valence-electron chi connectivity index (χ4n) is 2.54. The van der Waals surface area contributed by atoms with Gasteiger partial charge in [-0.3, -0.25) is 0 Å². The molecule has 2 heterocycles. The van der Waals surface area contributed by atoms with Crippen molar-refractivity contribution in [3.63, 3.8) is 0 Å². The first-order valence-corrected chi connectivity index (χ1v) is 4.90. The summed E-state index contributed by atoms with van der Waals surface area (Å²) in [5.74, 6) is 0.637. The number of ether oxygens (including phenoxy) is 1. The van der Waals surface area contributed by atoms with Crippen LogP contribution in [0.3, 0.4) is 0 Å². The van der Waals surface area contributed by atoms with Crippen molar-refractivity contribution in [1.82, 2.24) is 5.32 Å². The second-order valence-electron chi connectivity index (χ2n) is 3.96. The summed E-state index contributed by atoms with van der Waals surface area (Å²) in [7, 11) is 0. The van der Waals surface area contributed by atoms with Gasteiger partial charge in [0.05, 0.1) is 6.61 Å². The average molecular weight is 170 g/mol. The molecule has 3 nitrogen and oxygen atoms in total. The lowest BCUT2D eigenvalue weighted by atomic mass is 9.81. The lowest BCUT2D eigenvalue weighted by Gasteiger charge is -2.38. The molecule has 0 radical (unpaired) electrons. The van der Waals surface area contributed by atoms with E-state index in [9.17, 15) is 0 Å². The molecular formula is C9H18N2O. The molecule has 3 heteroatoms. The van der Waals surface area contributed by atoms with E-state index < -0.39 is 0 Å². The highest BCUT2D eigenvalue weighted by atomic mass is 16.5. The zero-order valence-corrected chi connectivity index (χ0v) is 7.51. The zero-order chi connectivity index (χ0) is 8.44. The van der Waals surface area contributed by atoms with E-state index in [2.05, 4.69) is 5.32 Å². The molecule has 0 saturated carbocycles. The minimum atomic E-state index is 0.243. The van der Waals surface area contributed by atoms with Gasteiger partial charge in [0, 0.05) is 12.1 Å². The van der Waals surface area contributed by atoms with Gasteiger partial charge >= 0.3 is 0 Å². The highest BCUT2D eigenvalue weighted by Crippen LogP contribution is 2.33. The van der Waals surface area contributed by atoms with Crippen molar-refractivity contribution >= 4 is 0 Å². The Balaban J connectivity index is 2.05. The first-order chi connectivity index (χ1) is 5.87. The molecule has 2 rings (SSSR count). The van der Waals surface area contributed by atoms with Gasteiger partial charge in [-0.1, -0.05) is 0 Å². The summed E-state index contributed by atoms with van der Waals surface area (Å²) < 4.78 is 5.52. The van der Waals surface area contributed by atoms with E-state index in [4.69, 9.17) is 10.5 Å². The van der Waals surface area contributed by atoms with Crippen molar-refractivity contribution in [3.05, 3.63) is 0 Å². The predicted molar refractivity (Wildman–Crippen MR) is 47.9 cm³/mol.